The Morgan fingerprint density at radius 1 is 1.31 bits per heavy atom. The molecule has 0 fully saturated rings. The van der Waals surface area contributed by atoms with Gasteiger partial charge in [0.05, 0.1) is 18.8 Å². The second-order valence-electron chi connectivity index (χ2n) is 6.84. The highest BCUT2D eigenvalue weighted by atomic mass is 127. The van der Waals surface area contributed by atoms with Gasteiger partial charge < -0.3 is 15.4 Å². The highest BCUT2D eigenvalue weighted by molar-refractivity contribution is 14.0. The van der Waals surface area contributed by atoms with E-state index in [0.717, 1.165) is 48.1 Å². The predicted molar refractivity (Wildman–Crippen MR) is 123 cm³/mol. The Kier molecular flexibility index (Phi) is 7.37. The number of halogens is 1. The van der Waals surface area contributed by atoms with Gasteiger partial charge in [-0.15, -0.1) is 24.0 Å². The Balaban J connectivity index is 0.00000240. The van der Waals surface area contributed by atoms with Crippen molar-refractivity contribution in [3.8, 4) is 0 Å². The molecule has 0 aliphatic carbocycles. The summed E-state index contributed by atoms with van der Waals surface area (Å²) < 4.78 is 7.10. The molecule has 3 aromatic rings. The first-order valence-electron chi connectivity index (χ1n) is 9.48. The summed E-state index contributed by atoms with van der Waals surface area (Å²) in [5.41, 5.74) is 1.01. The quantitative estimate of drug-likeness (QED) is 0.313. The molecule has 0 saturated carbocycles. The molecule has 0 bridgehead atoms. The van der Waals surface area contributed by atoms with Gasteiger partial charge >= 0.3 is 0 Å². The summed E-state index contributed by atoms with van der Waals surface area (Å²) in [6.07, 6.45) is 3.72. The molecule has 1 atom stereocenters. The maximum Gasteiger partial charge on any atom is 0.191 e. The van der Waals surface area contributed by atoms with Crippen LogP contribution < -0.4 is 10.6 Å². The van der Waals surface area contributed by atoms with Crippen molar-refractivity contribution in [2.45, 2.75) is 38.6 Å². The number of nitrogens with zero attached hydrogens (tertiary/aromatic N) is 5. The van der Waals surface area contributed by atoms with E-state index in [9.17, 15) is 0 Å². The number of benzene rings is 1. The third-order valence-corrected chi connectivity index (χ3v) is 4.92. The molecule has 1 aromatic carbocycles. The van der Waals surface area contributed by atoms with Crippen LogP contribution in [0.4, 0.5) is 0 Å². The lowest BCUT2D eigenvalue weighted by Gasteiger charge is -2.25. The normalized spacial score (nSPS) is 16.2. The maximum absolute atomic E-state index is 5.13. The lowest BCUT2D eigenvalue weighted by Crippen LogP contribution is -2.46. The zero-order chi connectivity index (χ0) is 19.3. The molecule has 4 rings (SSSR count). The summed E-state index contributed by atoms with van der Waals surface area (Å²) in [4.78, 5) is 13.4. The molecule has 9 heteroatoms. The van der Waals surface area contributed by atoms with Gasteiger partial charge in [-0.05, 0) is 17.9 Å². The molecular formula is C20H26IN7O. The zero-order valence-corrected chi connectivity index (χ0v) is 19.0. The van der Waals surface area contributed by atoms with Gasteiger partial charge in [-0.25, -0.2) is 9.67 Å². The van der Waals surface area contributed by atoms with Crippen molar-refractivity contribution in [1.29, 1.82) is 0 Å². The van der Waals surface area contributed by atoms with Gasteiger partial charge in [0, 0.05) is 38.2 Å². The van der Waals surface area contributed by atoms with E-state index in [-0.39, 0.29) is 30.0 Å². The number of nitrogens with one attached hydrogen (secondary N) is 2. The summed E-state index contributed by atoms with van der Waals surface area (Å²) in [6.45, 7) is 1.82. The van der Waals surface area contributed by atoms with Crippen LogP contribution in [0.2, 0.25) is 0 Å². The van der Waals surface area contributed by atoms with Crippen molar-refractivity contribution >= 4 is 40.7 Å². The fourth-order valence-corrected chi connectivity index (χ4v) is 3.55. The molecule has 29 heavy (non-hydrogen) atoms. The first-order valence-corrected chi connectivity index (χ1v) is 9.48. The van der Waals surface area contributed by atoms with Crippen LogP contribution in [0.25, 0.3) is 10.8 Å². The molecule has 0 amide bonds. The fraction of sp³-hybridized carbons (Fsp3) is 0.400. The van der Waals surface area contributed by atoms with E-state index < -0.39 is 0 Å². The van der Waals surface area contributed by atoms with Crippen molar-refractivity contribution in [2.75, 3.05) is 14.2 Å². The highest BCUT2D eigenvalue weighted by Crippen LogP contribution is 2.16. The summed E-state index contributed by atoms with van der Waals surface area (Å²) >= 11 is 0. The number of ether oxygens (including phenoxy) is 1. The number of pyridine rings is 1. The van der Waals surface area contributed by atoms with Crippen LogP contribution in [0, 0.1) is 0 Å². The lowest BCUT2D eigenvalue weighted by atomic mass is 10.1. The number of hydrogen-bond donors (Lipinski definition) is 2. The van der Waals surface area contributed by atoms with E-state index in [2.05, 4.69) is 42.8 Å². The molecule has 1 unspecified atom stereocenters. The van der Waals surface area contributed by atoms with E-state index in [1.54, 1.807) is 14.2 Å². The molecule has 1 aliphatic heterocycles. The summed E-state index contributed by atoms with van der Waals surface area (Å²) in [5.74, 6) is 2.52. The molecular weight excluding hydrogens is 481 g/mol. The van der Waals surface area contributed by atoms with E-state index in [4.69, 9.17) is 4.74 Å². The number of methoxy groups -OCH3 is 1. The number of aliphatic imine (C=N–C) groups is 1. The average Bonchev–Trinajstić information content (AvgIpc) is 3.13. The number of guanidine groups is 1. The molecule has 0 radical (unpaired) electrons. The number of rotatable bonds is 5. The number of hydrogen-bond acceptors (Lipinski definition) is 5. The summed E-state index contributed by atoms with van der Waals surface area (Å²) in [7, 11) is 3.44. The smallest absolute Gasteiger partial charge is 0.191 e. The molecule has 1 aliphatic rings. The average molecular weight is 507 g/mol. The van der Waals surface area contributed by atoms with Crippen LogP contribution >= 0.6 is 24.0 Å². The van der Waals surface area contributed by atoms with Crippen molar-refractivity contribution in [3.05, 3.63) is 53.9 Å². The minimum absolute atomic E-state index is 0. The SMILES string of the molecule is CN=C(NCc1nccc2ccccc12)NC1CCc2nc(COC)nn2C1.I. The van der Waals surface area contributed by atoms with Crippen LogP contribution in [0.1, 0.15) is 23.8 Å². The van der Waals surface area contributed by atoms with Crippen molar-refractivity contribution in [2.24, 2.45) is 4.99 Å². The van der Waals surface area contributed by atoms with E-state index in [1.165, 1.54) is 5.39 Å². The van der Waals surface area contributed by atoms with Crippen molar-refractivity contribution in [1.82, 2.24) is 30.4 Å². The molecule has 154 valence electrons. The van der Waals surface area contributed by atoms with Crippen LogP contribution in [0.5, 0.6) is 0 Å². The Labute approximate surface area is 187 Å². The maximum atomic E-state index is 5.13. The van der Waals surface area contributed by atoms with Crippen molar-refractivity contribution in [3.63, 3.8) is 0 Å². The van der Waals surface area contributed by atoms with Crippen LogP contribution in [0.3, 0.4) is 0 Å². The van der Waals surface area contributed by atoms with Gasteiger partial charge in [0.2, 0.25) is 0 Å². The van der Waals surface area contributed by atoms with E-state index in [0.29, 0.717) is 13.2 Å². The second kappa shape index (κ2) is 9.97. The Bertz CT molecular complexity index is 983. The third kappa shape index (κ3) is 5.02. The van der Waals surface area contributed by atoms with Crippen LogP contribution in [0.15, 0.2) is 41.5 Å². The van der Waals surface area contributed by atoms with Gasteiger partial charge in [-0.3, -0.25) is 9.98 Å². The Morgan fingerprint density at radius 3 is 3.00 bits per heavy atom. The minimum Gasteiger partial charge on any atom is -0.377 e. The molecule has 2 aromatic heterocycles. The van der Waals surface area contributed by atoms with Gasteiger partial charge in [0.15, 0.2) is 11.8 Å². The number of aromatic nitrogens is 4. The first-order chi connectivity index (χ1) is 13.8. The van der Waals surface area contributed by atoms with Gasteiger partial charge in [-0.1, -0.05) is 24.3 Å². The second-order valence-corrected chi connectivity index (χ2v) is 6.84. The first kappa shape index (κ1) is 21.4. The fourth-order valence-electron chi connectivity index (χ4n) is 3.55. The Morgan fingerprint density at radius 2 is 2.17 bits per heavy atom. The number of fused-ring (bicyclic) bond motifs is 2. The van der Waals surface area contributed by atoms with Crippen molar-refractivity contribution < 1.29 is 4.74 Å². The van der Waals surface area contributed by atoms with Gasteiger partial charge in [0.25, 0.3) is 0 Å². The predicted octanol–water partition coefficient (Wildman–Crippen LogP) is 2.27. The molecule has 2 N–H and O–H groups in total. The number of aryl methyl sites for hydroxylation is 1. The summed E-state index contributed by atoms with van der Waals surface area (Å²) in [6, 6.07) is 10.6. The standard InChI is InChI=1S/C20H25N7O.HI/c1-21-20(23-11-17-16-6-4-3-5-14(16)9-10-22-17)24-15-7-8-19-25-18(13-28-2)26-27(19)12-15;/h3-6,9-10,15H,7-8,11-13H2,1-2H3,(H2,21,23,24);1H. The topological polar surface area (TPSA) is 89.2 Å². The summed E-state index contributed by atoms with van der Waals surface area (Å²) in [5, 5.41) is 13.8. The van der Waals surface area contributed by atoms with Gasteiger partial charge in [0.1, 0.15) is 12.4 Å². The zero-order valence-electron chi connectivity index (χ0n) is 16.6. The molecule has 0 saturated heterocycles. The van der Waals surface area contributed by atoms with E-state index >= 15 is 0 Å². The highest BCUT2D eigenvalue weighted by Gasteiger charge is 2.22. The minimum atomic E-state index is 0. The Hall–Kier alpha value is -2.27. The molecule has 8 nitrogen and oxygen atoms in total. The lowest BCUT2D eigenvalue weighted by molar-refractivity contribution is 0.177. The van der Waals surface area contributed by atoms with Gasteiger partial charge in [-0.2, -0.15) is 5.10 Å². The third-order valence-electron chi connectivity index (χ3n) is 4.92. The van der Waals surface area contributed by atoms with Crippen LogP contribution in [-0.2, 0) is 30.9 Å². The largest absolute Gasteiger partial charge is 0.377 e. The van der Waals surface area contributed by atoms with E-state index in [1.807, 2.05) is 29.1 Å². The van der Waals surface area contributed by atoms with Crippen LogP contribution in [-0.4, -0.2) is 45.9 Å². The molecule has 0 spiro atoms. The molecule has 3 heterocycles. The monoisotopic (exact) mass is 507 g/mol.